The molecule has 2 nitrogen and oxygen atoms in total. The molecule has 0 atom stereocenters. The smallest absolute Gasteiger partial charge is 0.220 e. The van der Waals surface area contributed by atoms with E-state index in [0.717, 1.165) is 12.8 Å². The van der Waals surface area contributed by atoms with Crippen LogP contribution in [0.1, 0.15) is 78.1 Å². The average Bonchev–Trinajstić information content (AvgIpc) is 2.38. The molecule has 0 rings (SSSR count). The Hall–Kier alpha value is -0.790. The first-order chi connectivity index (χ1) is 8.81. The molecule has 0 aromatic rings. The zero-order valence-electron chi connectivity index (χ0n) is 12.3. The van der Waals surface area contributed by atoms with Crippen LogP contribution in [0.15, 0.2) is 12.2 Å². The number of amides is 1. The molecule has 1 amide bonds. The third kappa shape index (κ3) is 13.3. The summed E-state index contributed by atoms with van der Waals surface area (Å²) < 4.78 is 0. The molecule has 18 heavy (non-hydrogen) atoms. The average molecular weight is 253 g/mol. The van der Waals surface area contributed by atoms with Crippen molar-refractivity contribution in [3.63, 3.8) is 0 Å². The van der Waals surface area contributed by atoms with E-state index < -0.39 is 0 Å². The van der Waals surface area contributed by atoms with Crippen LogP contribution in [0.25, 0.3) is 0 Å². The van der Waals surface area contributed by atoms with Crippen molar-refractivity contribution in [2.45, 2.75) is 78.1 Å². The quantitative estimate of drug-likeness (QED) is 0.400. The fourth-order valence-electron chi connectivity index (χ4n) is 1.85. The molecular weight excluding hydrogens is 222 g/mol. The van der Waals surface area contributed by atoms with E-state index in [0.29, 0.717) is 13.0 Å². The van der Waals surface area contributed by atoms with E-state index in [1.165, 1.54) is 44.9 Å². The number of unbranched alkanes of at least 4 members (excludes halogenated alkanes) is 7. The van der Waals surface area contributed by atoms with Gasteiger partial charge in [-0.15, -0.1) is 0 Å². The van der Waals surface area contributed by atoms with Crippen LogP contribution in [0.4, 0.5) is 0 Å². The second-order valence-electron chi connectivity index (χ2n) is 4.94. The summed E-state index contributed by atoms with van der Waals surface area (Å²) in [5.41, 5.74) is 0. The Bertz CT molecular complexity index is 211. The third-order valence-electron chi connectivity index (χ3n) is 3.07. The van der Waals surface area contributed by atoms with E-state index >= 15 is 0 Å². The number of carbonyl (C=O) groups is 1. The summed E-state index contributed by atoms with van der Waals surface area (Å²) >= 11 is 0. The molecule has 0 aliphatic carbocycles. The van der Waals surface area contributed by atoms with E-state index in [4.69, 9.17) is 0 Å². The summed E-state index contributed by atoms with van der Waals surface area (Å²) in [7, 11) is 0. The van der Waals surface area contributed by atoms with E-state index in [1.807, 2.05) is 0 Å². The summed E-state index contributed by atoms with van der Waals surface area (Å²) in [6, 6.07) is 0. The molecular formula is C16H31NO. The number of hydrogen-bond acceptors (Lipinski definition) is 1. The Kier molecular flexibility index (Phi) is 13.6. The van der Waals surface area contributed by atoms with Gasteiger partial charge in [-0.05, 0) is 12.8 Å². The maximum Gasteiger partial charge on any atom is 0.220 e. The lowest BCUT2D eigenvalue weighted by Gasteiger charge is -2.02. The minimum atomic E-state index is 0.200. The topological polar surface area (TPSA) is 29.1 Å². The fourth-order valence-corrected chi connectivity index (χ4v) is 1.85. The highest BCUT2D eigenvalue weighted by atomic mass is 16.1. The number of hydrogen-bond donors (Lipinski definition) is 1. The summed E-state index contributed by atoms with van der Waals surface area (Å²) in [6.07, 6.45) is 15.9. The first-order valence-corrected chi connectivity index (χ1v) is 7.73. The van der Waals surface area contributed by atoms with Crippen LogP contribution < -0.4 is 5.32 Å². The molecule has 0 heterocycles. The van der Waals surface area contributed by atoms with Crippen LogP contribution in [0.3, 0.4) is 0 Å². The molecule has 0 saturated heterocycles. The molecule has 0 saturated carbocycles. The largest absolute Gasteiger partial charge is 0.353 e. The van der Waals surface area contributed by atoms with E-state index in [2.05, 4.69) is 31.3 Å². The van der Waals surface area contributed by atoms with Gasteiger partial charge in [-0.3, -0.25) is 4.79 Å². The number of nitrogens with one attached hydrogen (secondary N) is 1. The van der Waals surface area contributed by atoms with Gasteiger partial charge in [0.25, 0.3) is 0 Å². The Balaban J connectivity index is 3.24. The zero-order valence-corrected chi connectivity index (χ0v) is 12.3. The monoisotopic (exact) mass is 253 g/mol. The van der Waals surface area contributed by atoms with Gasteiger partial charge in [0.15, 0.2) is 0 Å². The summed E-state index contributed by atoms with van der Waals surface area (Å²) in [6.45, 7) is 5.11. The number of carbonyl (C=O) groups excluding carboxylic acids is 1. The van der Waals surface area contributed by atoms with Gasteiger partial charge in [-0.25, -0.2) is 0 Å². The maximum absolute atomic E-state index is 11.5. The highest BCUT2D eigenvalue weighted by Gasteiger charge is 1.98. The molecule has 0 aromatic heterocycles. The van der Waals surface area contributed by atoms with Crippen molar-refractivity contribution in [1.29, 1.82) is 0 Å². The highest BCUT2D eigenvalue weighted by Crippen LogP contribution is 2.06. The molecule has 0 spiro atoms. The van der Waals surface area contributed by atoms with E-state index in [9.17, 15) is 4.79 Å². The van der Waals surface area contributed by atoms with Crippen LogP contribution in [-0.4, -0.2) is 12.5 Å². The molecule has 0 aliphatic heterocycles. The van der Waals surface area contributed by atoms with Gasteiger partial charge in [-0.2, -0.15) is 0 Å². The van der Waals surface area contributed by atoms with E-state index in [-0.39, 0.29) is 5.91 Å². The lowest BCUT2D eigenvalue weighted by Crippen LogP contribution is -2.22. The van der Waals surface area contributed by atoms with Gasteiger partial charge in [-0.1, -0.05) is 70.9 Å². The van der Waals surface area contributed by atoms with Crippen LogP contribution in [-0.2, 0) is 4.79 Å². The molecule has 0 aliphatic rings. The summed E-state index contributed by atoms with van der Waals surface area (Å²) in [4.78, 5) is 11.5. The van der Waals surface area contributed by atoms with Gasteiger partial charge in [0, 0.05) is 13.0 Å². The fraction of sp³-hybridized carbons (Fsp3) is 0.812. The van der Waals surface area contributed by atoms with Gasteiger partial charge < -0.3 is 5.32 Å². The third-order valence-corrected chi connectivity index (χ3v) is 3.07. The molecule has 1 N–H and O–H groups in total. The van der Waals surface area contributed by atoms with Crippen LogP contribution in [0, 0.1) is 0 Å². The molecule has 106 valence electrons. The van der Waals surface area contributed by atoms with Crippen molar-refractivity contribution >= 4 is 5.91 Å². The van der Waals surface area contributed by atoms with Crippen LogP contribution >= 0.6 is 0 Å². The molecule has 0 bridgehead atoms. The Labute approximate surface area is 113 Å². The second kappa shape index (κ2) is 14.3. The Morgan fingerprint density at radius 1 is 0.889 bits per heavy atom. The van der Waals surface area contributed by atoms with Crippen molar-refractivity contribution in [3.8, 4) is 0 Å². The van der Waals surface area contributed by atoms with Crippen LogP contribution in [0.5, 0.6) is 0 Å². The highest BCUT2D eigenvalue weighted by molar-refractivity contribution is 5.75. The predicted octanol–water partition coefficient (Wildman–Crippen LogP) is 4.60. The van der Waals surface area contributed by atoms with E-state index in [1.54, 1.807) is 0 Å². The summed E-state index contributed by atoms with van der Waals surface area (Å²) in [5.74, 6) is 0.200. The second-order valence-corrected chi connectivity index (χ2v) is 4.94. The maximum atomic E-state index is 11.5. The molecule has 0 fully saturated rings. The van der Waals surface area contributed by atoms with Gasteiger partial charge in [0.1, 0.15) is 0 Å². The van der Waals surface area contributed by atoms with Crippen molar-refractivity contribution in [2.75, 3.05) is 6.54 Å². The standard InChI is InChI=1S/C16H31NO/c1-3-5-7-9-10-12-14-16(18)17-15-13-11-8-6-4-2/h11,13H,3-10,12,14-15H2,1-2H3,(H,17,18)/b13-11+. The minimum Gasteiger partial charge on any atom is -0.353 e. The minimum absolute atomic E-state index is 0.200. The molecule has 2 heteroatoms. The van der Waals surface area contributed by atoms with Crippen molar-refractivity contribution in [3.05, 3.63) is 12.2 Å². The first-order valence-electron chi connectivity index (χ1n) is 7.73. The summed E-state index contributed by atoms with van der Waals surface area (Å²) in [5, 5.41) is 2.94. The molecule has 0 radical (unpaired) electrons. The lowest BCUT2D eigenvalue weighted by molar-refractivity contribution is -0.121. The Morgan fingerprint density at radius 2 is 1.56 bits per heavy atom. The van der Waals surface area contributed by atoms with Gasteiger partial charge >= 0.3 is 0 Å². The lowest BCUT2D eigenvalue weighted by atomic mass is 10.1. The SMILES string of the molecule is CCCC/C=C/CNC(=O)CCCCCCCC. The van der Waals surface area contributed by atoms with Gasteiger partial charge in [0.05, 0.1) is 0 Å². The van der Waals surface area contributed by atoms with Crippen molar-refractivity contribution in [1.82, 2.24) is 5.32 Å². The molecule has 0 unspecified atom stereocenters. The number of rotatable bonds is 12. The number of allylic oxidation sites excluding steroid dienone is 1. The molecule has 0 aromatic carbocycles. The predicted molar refractivity (Wildman–Crippen MR) is 79.7 cm³/mol. The Morgan fingerprint density at radius 3 is 2.28 bits per heavy atom. The zero-order chi connectivity index (χ0) is 13.5. The van der Waals surface area contributed by atoms with Gasteiger partial charge in [0.2, 0.25) is 5.91 Å². The first kappa shape index (κ1) is 17.2. The van der Waals surface area contributed by atoms with Crippen LogP contribution in [0.2, 0.25) is 0 Å². The van der Waals surface area contributed by atoms with Crippen molar-refractivity contribution < 1.29 is 4.79 Å². The van der Waals surface area contributed by atoms with Crippen molar-refractivity contribution in [2.24, 2.45) is 0 Å². The normalized spacial score (nSPS) is 11.0.